The Labute approximate surface area is 169 Å². The fraction of sp³-hybridized carbons (Fsp3) is 0.167. The van der Waals surface area contributed by atoms with Crippen LogP contribution in [-0.4, -0.2) is 23.3 Å². The molecule has 3 aromatic carbocycles. The summed E-state index contributed by atoms with van der Waals surface area (Å²) >= 11 is 0. The van der Waals surface area contributed by atoms with E-state index in [4.69, 9.17) is 0 Å². The number of rotatable bonds is 8. The van der Waals surface area contributed by atoms with Crippen molar-refractivity contribution in [3.05, 3.63) is 101 Å². The van der Waals surface area contributed by atoms with Crippen molar-refractivity contribution in [3.63, 3.8) is 0 Å². The van der Waals surface area contributed by atoms with E-state index < -0.39 is 5.82 Å². The Kier molecular flexibility index (Phi) is 7.11. The topological polar surface area (TPSA) is 61.7 Å². The molecule has 0 unspecified atom stereocenters. The summed E-state index contributed by atoms with van der Waals surface area (Å²) in [6.45, 7) is 0.883. The lowest BCUT2D eigenvalue weighted by atomic mass is 10.0. The summed E-state index contributed by atoms with van der Waals surface area (Å²) in [4.78, 5) is 16.6. The third kappa shape index (κ3) is 6.01. The molecule has 0 saturated heterocycles. The number of nitrogens with zero attached hydrogens (tertiary/aromatic N) is 1. The van der Waals surface area contributed by atoms with Gasteiger partial charge < -0.3 is 10.4 Å². The van der Waals surface area contributed by atoms with Crippen LogP contribution in [0.3, 0.4) is 0 Å². The fourth-order valence-electron chi connectivity index (χ4n) is 2.94. The number of phenolic OH excluding ortho intramolecular Hbond substituents is 1. The van der Waals surface area contributed by atoms with Gasteiger partial charge in [0.05, 0.1) is 5.71 Å². The first-order valence-electron chi connectivity index (χ1n) is 9.53. The van der Waals surface area contributed by atoms with Crippen LogP contribution in [0, 0.1) is 5.82 Å². The van der Waals surface area contributed by atoms with Crippen molar-refractivity contribution >= 4 is 11.6 Å². The molecule has 0 radical (unpaired) electrons. The lowest BCUT2D eigenvalue weighted by molar-refractivity contribution is -0.121. The number of hydrogen-bond donors (Lipinski definition) is 2. The number of aromatic hydroxyl groups is 1. The average molecular weight is 390 g/mol. The Morgan fingerprint density at radius 1 is 0.966 bits per heavy atom. The number of benzene rings is 3. The van der Waals surface area contributed by atoms with Crippen molar-refractivity contribution in [1.82, 2.24) is 5.32 Å². The number of aliphatic imine (C=N–C) groups is 1. The molecule has 1 amide bonds. The molecule has 4 nitrogen and oxygen atoms in total. The molecule has 29 heavy (non-hydrogen) atoms. The van der Waals surface area contributed by atoms with E-state index in [9.17, 15) is 14.3 Å². The summed E-state index contributed by atoms with van der Waals surface area (Å²) < 4.78 is 13.7. The maximum atomic E-state index is 13.7. The Balaban J connectivity index is 1.63. The Morgan fingerprint density at radius 2 is 1.66 bits per heavy atom. The first-order chi connectivity index (χ1) is 14.1. The van der Waals surface area contributed by atoms with Gasteiger partial charge in [-0.15, -0.1) is 0 Å². The Morgan fingerprint density at radius 3 is 2.38 bits per heavy atom. The third-order valence-electron chi connectivity index (χ3n) is 4.43. The summed E-state index contributed by atoms with van der Waals surface area (Å²) in [5.41, 5.74) is 2.67. The molecule has 3 aromatic rings. The van der Waals surface area contributed by atoms with Gasteiger partial charge in [-0.25, -0.2) is 4.39 Å². The van der Waals surface area contributed by atoms with Crippen LogP contribution in [-0.2, 0) is 11.3 Å². The molecule has 2 N–H and O–H groups in total. The molecular formula is C24H23FN2O2. The van der Waals surface area contributed by atoms with Gasteiger partial charge in [-0.1, -0.05) is 60.7 Å². The molecule has 0 aromatic heterocycles. The number of nitrogens with one attached hydrogen (secondary N) is 1. The van der Waals surface area contributed by atoms with Crippen LogP contribution in [0.5, 0.6) is 5.75 Å². The highest BCUT2D eigenvalue weighted by atomic mass is 19.1. The van der Waals surface area contributed by atoms with E-state index in [2.05, 4.69) is 10.3 Å². The lowest BCUT2D eigenvalue weighted by Gasteiger charge is -2.10. The lowest BCUT2D eigenvalue weighted by Crippen LogP contribution is -2.22. The summed E-state index contributed by atoms with van der Waals surface area (Å²) in [6.07, 6.45) is 0.889. The Bertz CT molecular complexity index is 973. The third-order valence-corrected chi connectivity index (χ3v) is 4.43. The second-order valence-corrected chi connectivity index (χ2v) is 6.62. The van der Waals surface area contributed by atoms with Crippen LogP contribution < -0.4 is 5.32 Å². The molecule has 0 saturated carbocycles. The monoisotopic (exact) mass is 390 g/mol. The van der Waals surface area contributed by atoms with Crippen molar-refractivity contribution in [1.29, 1.82) is 0 Å². The van der Waals surface area contributed by atoms with E-state index in [1.807, 2.05) is 60.7 Å². The molecule has 0 fully saturated rings. The second-order valence-electron chi connectivity index (χ2n) is 6.62. The van der Waals surface area contributed by atoms with Crippen molar-refractivity contribution in [2.24, 2.45) is 4.99 Å². The summed E-state index contributed by atoms with van der Waals surface area (Å²) in [6, 6.07) is 22.8. The summed E-state index contributed by atoms with van der Waals surface area (Å²) in [5.74, 6) is -0.518. The van der Waals surface area contributed by atoms with E-state index in [1.54, 1.807) is 0 Å². The first-order valence-corrected chi connectivity index (χ1v) is 9.53. The number of phenols is 1. The normalized spacial score (nSPS) is 11.3. The van der Waals surface area contributed by atoms with Crippen molar-refractivity contribution in [2.45, 2.75) is 19.4 Å². The van der Waals surface area contributed by atoms with Crippen LogP contribution in [0.1, 0.15) is 29.5 Å². The molecule has 148 valence electrons. The minimum absolute atomic E-state index is 0.0328. The van der Waals surface area contributed by atoms with Crippen LogP contribution in [0.2, 0.25) is 0 Å². The van der Waals surface area contributed by atoms with Gasteiger partial charge in [0, 0.05) is 30.6 Å². The van der Waals surface area contributed by atoms with Gasteiger partial charge in [0.1, 0.15) is 11.6 Å². The average Bonchev–Trinajstić information content (AvgIpc) is 2.75. The summed E-state index contributed by atoms with van der Waals surface area (Å²) in [5, 5.41) is 13.1. The van der Waals surface area contributed by atoms with Gasteiger partial charge in [-0.3, -0.25) is 9.79 Å². The largest absolute Gasteiger partial charge is 0.507 e. The van der Waals surface area contributed by atoms with Crippen LogP contribution in [0.25, 0.3) is 0 Å². The fourth-order valence-corrected chi connectivity index (χ4v) is 2.94. The highest BCUT2D eigenvalue weighted by Gasteiger charge is 2.12. The first kappa shape index (κ1) is 20.3. The zero-order valence-corrected chi connectivity index (χ0v) is 16.0. The van der Waals surface area contributed by atoms with Gasteiger partial charge in [-0.05, 0) is 30.2 Å². The van der Waals surface area contributed by atoms with Gasteiger partial charge in [0.25, 0.3) is 0 Å². The maximum absolute atomic E-state index is 13.7. The standard InChI is InChI=1S/C24H23FN2O2/c25-20-13-14-22(28)21(16-20)24(19-10-5-2-6-11-19)26-15-7-12-23(29)27-17-18-8-3-1-4-9-18/h1-6,8-11,13-14,16,28H,7,12,15,17H2,(H,27,29). The summed E-state index contributed by atoms with van der Waals surface area (Å²) in [7, 11) is 0. The predicted molar refractivity (Wildman–Crippen MR) is 113 cm³/mol. The maximum Gasteiger partial charge on any atom is 0.220 e. The molecule has 0 aliphatic heterocycles. The predicted octanol–water partition coefficient (Wildman–Crippen LogP) is 4.47. The van der Waals surface area contributed by atoms with E-state index in [1.165, 1.54) is 18.2 Å². The van der Waals surface area contributed by atoms with Crippen LogP contribution in [0.15, 0.2) is 83.9 Å². The SMILES string of the molecule is O=C(CCCN=C(c1ccccc1)c1cc(F)ccc1O)NCc1ccccc1. The number of hydrogen-bond acceptors (Lipinski definition) is 3. The molecule has 0 spiro atoms. The minimum Gasteiger partial charge on any atom is -0.507 e. The molecule has 0 bridgehead atoms. The smallest absolute Gasteiger partial charge is 0.220 e. The number of amides is 1. The van der Waals surface area contributed by atoms with E-state index in [0.29, 0.717) is 37.2 Å². The molecule has 0 aliphatic rings. The van der Waals surface area contributed by atoms with E-state index in [0.717, 1.165) is 11.1 Å². The minimum atomic E-state index is -0.443. The molecule has 0 heterocycles. The van der Waals surface area contributed by atoms with Crippen molar-refractivity contribution in [2.75, 3.05) is 6.54 Å². The molecule has 0 aliphatic carbocycles. The number of carbonyl (C=O) groups excluding carboxylic acids is 1. The number of carbonyl (C=O) groups is 1. The van der Waals surface area contributed by atoms with Crippen LogP contribution in [0.4, 0.5) is 4.39 Å². The Hall–Kier alpha value is -3.47. The van der Waals surface area contributed by atoms with Gasteiger partial charge in [0.15, 0.2) is 0 Å². The number of halogens is 1. The van der Waals surface area contributed by atoms with Crippen molar-refractivity contribution < 1.29 is 14.3 Å². The van der Waals surface area contributed by atoms with Gasteiger partial charge >= 0.3 is 0 Å². The molecule has 5 heteroatoms. The zero-order chi connectivity index (χ0) is 20.5. The molecule has 3 rings (SSSR count). The van der Waals surface area contributed by atoms with Gasteiger partial charge in [0.2, 0.25) is 5.91 Å². The van der Waals surface area contributed by atoms with Crippen LogP contribution >= 0.6 is 0 Å². The second kappa shape index (κ2) is 10.2. The zero-order valence-electron chi connectivity index (χ0n) is 16.0. The highest BCUT2D eigenvalue weighted by molar-refractivity contribution is 6.14. The van der Waals surface area contributed by atoms with Gasteiger partial charge in [-0.2, -0.15) is 0 Å². The quantitative estimate of drug-likeness (QED) is 0.440. The molecule has 0 atom stereocenters. The van der Waals surface area contributed by atoms with Crippen molar-refractivity contribution in [3.8, 4) is 5.75 Å². The van der Waals surface area contributed by atoms with E-state index >= 15 is 0 Å². The molecular weight excluding hydrogens is 367 g/mol. The van der Waals surface area contributed by atoms with E-state index in [-0.39, 0.29) is 11.7 Å². The highest BCUT2D eigenvalue weighted by Crippen LogP contribution is 2.22.